The number of ether oxygens (including phenoxy) is 1. The lowest BCUT2D eigenvalue weighted by Crippen LogP contribution is -2.11. The molecule has 0 heterocycles. The van der Waals surface area contributed by atoms with E-state index >= 15 is 0 Å². The van der Waals surface area contributed by atoms with Crippen molar-refractivity contribution >= 4 is 27.3 Å². The number of hydrogen-bond donors (Lipinski definition) is 1. The highest BCUT2D eigenvalue weighted by molar-refractivity contribution is 9.10. The van der Waals surface area contributed by atoms with Gasteiger partial charge in [-0.25, -0.2) is 4.39 Å². The van der Waals surface area contributed by atoms with Crippen LogP contribution in [0.15, 0.2) is 71.2 Å². The maximum Gasteiger partial charge on any atom is 0.143 e. The van der Waals surface area contributed by atoms with Gasteiger partial charge in [0.15, 0.2) is 0 Å². The van der Waals surface area contributed by atoms with E-state index in [-0.39, 0.29) is 11.6 Å². The van der Waals surface area contributed by atoms with Crippen LogP contribution in [-0.2, 0) is 6.61 Å². The van der Waals surface area contributed by atoms with Gasteiger partial charge in [0.2, 0.25) is 0 Å². The van der Waals surface area contributed by atoms with Gasteiger partial charge in [-0.2, -0.15) is 0 Å². The Morgan fingerprint density at radius 3 is 2.36 bits per heavy atom. The van der Waals surface area contributed by atoms with E-state index in [2.05, 4.69) is 15.9 Å². The van der Waals surface area contributed by atoms with Crippen LogP contribution in [0.2, 0.25) is 0 Å². The second-order valence-corrected chi connectivity index (χ2v) is 6.52. The van der Waals surface area contributed by atoms with Gasteiger partial charge in [-0.15, -0.1) is 0 Å². The molecule has 3 aromatic rings. The number of hydrogen-bond acceptors (Lipinski definition) is 3. The molecule has 0 fully saturated rings. The van der Waals surface area contributed by atoms with E-state index in [1.165, 1.54) is 12.1 Å². The Hall–Kier alpha value is -2.53. The molecule has 0 bridgehead atoms. The van der Waals surface area contributed by atoms with Gasteiger partial charge in [0, 0.05) is 17.2 Å². The van der Waals surface area contributed by atoms with E-state index in [1.54, 1.807) is 24.3 Å². The van der Waals surface area contributed by atoms with Crippen molar-refractivity contribution in [2.24, 2.45) is 0 Å². The summed E-state index contributed by atoms with van der Waals surface area (Å²) in [7, 11) is 1.93. The van der Waals surface area contributed by atoms with Crippen molar-refractivity contribution in [1.29, 1.82) is 0 Å². The average Bonchev–Trinajstić information content (AvgIpc) is 2.62. The lowest BCUT2D eigenvalue weighted by Gasteiger charge is -2.23. The first-order chi connectivity index (χ1) is 12.0. The van der Waals surface area contributed by atoms with E-state index in [9.17, 15) is 9.50 Å². The predicted octanol–water partition coefficient (Wildman–Crippen LogP) is 5.64. The Labute approximate surface area is 154 Å². The molecular formula is C20H17BrFNO2. The minimum Gasteiger partial charge on any atom is -0.508 e. The molecule has 0 atom stereocenters. The molecule has 0 saturated heterocycles. The quantitative estimate of drug-likeness (QED) is 0.600. The minimum absolute atomic E-state index is 0.221. The van der Waals surface area contributed by atoms with Gasteiger partial charge in [0.25, 0.3) is 0 Å². The number of nitrogens with zero attached hydrogens (tertiary/aromatic N) is 1. The molecule has 0 amide bonds. The van der Waals surface area contributed by atoms with E-state index in [0.717, 1.165) is 21.4 Å². The number of phenolic OH excluding ortho intramolecular Hbond substituents is 1. The third-order valence-corrected chi connectivity index (χ3v) is 4.32. The molecular weight excluding hydrogens is 385 g/mol. The van der Waals surface area contributed by atoms with Crippen LogP contribution in [0.4, 0.5) is 15.8 Å². The third-order valence-electron chi connectivity index (χ3n) is 3.83. The minimum atomic E-state index is -0.264. The summed E-state index contributed by atoms with van der Waals surface area (Å²) in [5.74, 6) is 0.669. The molecule has 128 valence electrons. The first kappa shape index (κ1) is 17.3. The van der Waals surface area contributed by atoms with Crippen molar-refractivity contribution in [2.45, 2.75) is 6.61 Å². The van der Waals surface area contributed by atoms with Crippen molar-refractivity contribution < 1.29 is 14.2 Å². The summed E-state index contributed by atoms with van der Waals surface area (Å²) in [6.07, 6.45) is 0. The van der Waals surface area contributed by atoms with Crippen LogP contribution in [0, 0.1) is 5.82 Å². The van der Waals surface area contributed by atoms with Crippen molar-refractivity contribution in [3.8, 4) is 11.5 Å². The lowest BCUT2D eigenvalue weighted by molar-refractivity contribution is 0.307. The van der Waals surface area contributed by atoms with Crippen molar-refractivity contribution in [3.63, 3.8) is 0 Å². The van der Waals surface area contributed by atoms with Gasteiger partial charge in [0.1, 0.15) is 23.9 Å². The average molecular weight is 402 g/mol. The van der Waals surface area contributed by atoms with Gasteiger partial charge in [-0.05, 0) is 60.2 Å². The normalized spacial score (nSPS) is 10.5. The zero-order chi connectivity index (χ0) is 17.8. The molecule has 0 spiro atoms. The number of rotatable bonds is 5. The smallest absolute Gasteiger partial charge is 0.143 e. The first-order valence-electron chi connectivity index (χ1n) is 7.72. The molecule has 0 aromatic heterocycles. The lowest BCUT2D eigenvalue weighted by atomic mass is 10.2. The Morgan fingerprint density at radius 2 is 1.68 bits per heavy atom. The first-order valence-corrected chi connectivity index (χ1v) is 8.52. The van der Waals surface area contributed by atoms with E-state index < -0.39 is 0 Å². The maximum atomic E-state index is 13.0. The Bertz CT molecular complexity index is 851. The van der Waals surface area contributed by atoms with Crippen LogP contribution in [0.3, 0.4) is 0 Å². The molecule has 3 nitrogen and oxygen atoms in total. The maximum absolute atomic E-state index is 13.0. The number of anilines is 2. The zero-order valence-corrected chi connectivity index (χ0v) is 15.2. The van der Waals surface area contributed by atoms with Gasteiger partial charge in [0.05, 0.1) is 5.69 Å². The molecule has 5 heteroatoms. The van der Waals surface area contributed by atoms with Gasteiger partial charge < -0.3 is 14.7 Å². The molecule has 3 rings (SSSR count). The van der Waals surface area contributed by atoms with E-state index in [0.29, 0.717) is 12.4 Å². The summed E-state index contributed by atoms with van der Waals surface area (Å²) in [5.41, 5.74) is 2.69. The summed E-state index contributed by atoms with van der Waals surface area (Å²) in [6.45, 7) is 0.346. The second kappa shape index (κ2) is 7.57. The summed E-state index contributed by atoms with van der Waals surface area (Å²) >= 11 is 3.49. The van der Waals surface area contributed by atoms with E-state index in [4.69, 9.17) is 4.74 Å². The molecule has 3 aromatic carbocycles. The van der Waals surface area contributed by atoms with Gasteiger partial charge >= 0.3 is 0 Å². The second-order valence-electron chi connectivity index (χ2n) is 5.60. The largest absolute Gasteiger partial charge is 0.508 e. The molecule has 0 aliphatic carbocycles. The fourth-order valence-corrected chi connectivity index (χ4v) is 2.78. The number of aromatic hydroxyl groups is 1. The zero-order valence-electron chi connectivity index (χ0n) is 13.6. The van der Waals surface area contributed by atoms with Crippen LogP contribution >= 0.6 is 15.9 Å². The van der Waals surface area contributed by atoms with Crippen LogP contribution in [0.5, 0.6) is 11.5 Å². The molecule has 0 aliphatic rings. The third kappa shape index (κ3) is 4.31. The highest BCUT2D eigenvalue weighted by Crippen LogP contribution is 2.36. The highest BCUT2D eigenvalue weighted by atomic mass is 79.9. The fraction of sp³-hybridized carbons (Fsp3) is 0.100. The molecule has 25 heavy (non-hydrogen) atoms. The fourth-order valence-electron chi connectivity index (χ4n) is 2.43. The Kier molecular flexibility index (Phi) is 5.24. The monoisotopic (exact) mass is 401 g/mol. The number of halogens is 2. The summed E-state index contributed by atoms with van der Waals surface area (Å²) in [6, 6.07) is 19.0. The Morgan fingerprint density at radius 1 is 1.00 bits per heavy atom. The van der Waals surface area contributed by atoms with Crippen molar-refractivity contribution in [3.05, 3.63) is 82.6 Å². The molecule has 0 saturated carbocycles. The van der Waals surface area contributed by atoms with Crippen molar-refractivity contribution in [1.82, 2.24) is 0 Å². The van der Waals surface area contributed by atoms with E-state index in [1.807, 2.05) is 42.3 Å². The molecule has 1 N–H and O–H groups in total. The van der Waals surface area contributed by atoms with Crippen LogP contribution in [0.25, 0.3) is 0 Å². The van der Waals surface area contributed by atoms with Crippen LogP contribution in [0.1, 0.15) is 5.56 Å². The summed E-state index contributed by atoms with van der Waals surface area (Å²) in [5, 5.41) is 9.46. The number of benzene rings is 3. The van der Waals surface area contributed by atoms with Crippen molar-refractivity contribution in [2.75, 3.05) is 11.9 Å². The summed E-state index contributed by atoms with van der Waals surface area (Å²) < 4.78 is 19.9. The van der Waals surface area contributed by atoms with Crippen LogP contribution < -0.4 is 9.64 Å². The summed E-state index contributed by atoms with van der Waals surface area (Å²) in [4.78, 5) is 1.98. The molecule has 0 unspecified atom stereocenters. The van der Waals surface area contributed by atoms with Gasteiger partial charge in [-0.3, -0.25) is 0 Å². The number of phenols is 1. The molecule has 0 radical (unpaired) electrons. The Balaban J connectivity index is 1.84. The van der Waals surface area contributed by atoms with Crippen LogP contribution in [-0.4, -0.2) is 12.2 Å². The SMILES string of the molecule is CN(c1ccc(O)cc1)c1cc(Br)ccc1OCc1ccc(F)cc1. The topological polar surface area (TPSA) is 32.7 Å². The van der Waals surface area contributed by atoms with Gasteiger partial charge in [-0.1, -0.05) is 28.1 Å². The predicted molar refractivity (Wildman–Crippen MR) is 101 cm³/mol. The molecule has 0 aliphatic heterocycles. The standard InChI is InChI=1S/C20H17BrFNO2/c1-23(17-7-9-18(24)10-8-17)19-12-15(21)4-11-20(19)25-13-14-2-5-16(22)6-3-14/h2-12,24H,13H2,1H3. The highest BCUT2D eigenvalue weighted by Gasteiger charge is 2.12.